The molecule has 19 heavy (non-hydrogen) atoms. The number of nitrogens with zero attached hydrogens (tertiary/aromatic N) is 2. The number of halogens is 1. The molecule has 0 atom stereocenters. The number of rotatable bonds is 4. The minimum absolute atomic E-state index is 0.609. The van der Waals surface area contributed by atoms with Crippen LogP contribution >= 0.6 is 15.9 Å². The van der Waals surface area contributed by atoms with Crippen LogP contribution in [-0.4, -0.2) is 16.7 Å². The average molecular weight is 322 g/mol. The minimum atomic E-state index is 0.609. The van der Waals surface area contributed by atoms with E-state index < -0.39 is 0 Å². The number of imidazole rings is 1. The summed E-state index contributed by atoms with van der Waals surface area (Å²) in [7, 11) is 1.67. The lowest BCUT2D eigenvalue weighted by molar-refractivity contribution is 0.415. The summed E-state index contributed by atoms with van der Waals surface area (Å²) in [5.41, 5.74) is 2.01. The Morgan fingerprint density at radius 1 is 1.37 bits per heavy atom. The zero-order valence-electron chi connectivity index (χ0n) is 11.0. The van der Waals surface area contributed by atoms with E-state index in [0.29, 0.717) is 6.04 Å². The van der Waals surface area contributed by atoms with Crippen LogP contribution in [-0.2, 0) is 0 Å². The van der Waals surface area contributed by atoms with Crippen LogP contribution in [0.4, 0.5) is 11.6 Å². The highest BCUT2D eigenvalue weighted by atomic mass is 79.9. The topological polar surface area (TPSA) is 39.1 Å². The van der Waals surface area contributed by atoms with Gasteiger partial charge in [-0.05, 0) is 31.9 Å². The number of hydrogen-bond acceptors (Lipinski definition) is 3. The Morgan fingerprint density at radius 3 is 2.84 bits per heavy atom. The van der Waals surface area contributed by atoms with E-state index in [1.807, 2.05) is 25.1 Å². The molecule has 100 valence electrons. The molecule has 1 N–H and O–H groups in total. The van der Waals surface area contributed by atoms with Crippen LogP contribution in [0.2, 0.25) is 0 Å². The van der Waals surface area contributed by atoms with Gasteiger partial charge in [0.1, 0.15) is 5.75 Å². The standard InChI is InChI=1S/C14H16BrN3O/c1-9-8-18(12-3-4-12)14(16-9)17-11-5-10(15)6-13(7-11)19-2/h5-8,12H,3-4H2,1-2H3,(H,16,17). The second-order valence-electron chi connectivity index (χ2n) is 4.85. The fourth-order valence-corrected chi connectivity index (χ4v) is 2.59. The Morgan fingerprint density at radius 2 is 2.16 bits per heavy atom. The van der Waals surface area contributed by atoms with Gasteiger partial charge in [0.2, 0.25) is 5.95 Å². The number of anilines is 2. The third-order valence-corrected chi connectivity index (χ3v) is 3.61. The van der Waals surface area contributed by atoms with Crippen molar-refractivity contribution in [3.63, 3.8) is 0 Å². The molecule has 1 aromatic heterocycles. The first kappa shape index (κ1) is 12.5. The number of aryl methyl sites for hydroxylation is 1. The molecule has 0 unspecified atom stereocenters. The molecule has 1 heterocycles. The van der Waals surface area contributed by atoms with Gasteiger partial charge in [-0.2, -0.15) is 0 Å². The Balaban J connectivity index is 1.90. The van der Waals surface area contributed by atoms with Crippen molar-refractivity contribution in [1.29, 1.82) is 0 Å². The minimum Gasteiger partial charge on any atom is -0.497 e. The number of ether oxygens (including phenoxy) is 1. The summed E-state index contributed by atoms with van der Waals surface area (Å²) < 4.78 is 8.48. The Kier molecular flexibility index (Phi) is 3.22. The van der Waals surface area contributed by atoms with Crippen molar-refractivity contribution in [2.75, 3.05) is 12.4 Å². The second kappa shape index (κ2) is 4.89. The fraction of sp³-hybridized carbons (Fsp3) is 0.357. The summed E-state index contributed by atoms with van der Waals surface area (Å²) in [6.07, 6.45) is 4.59. The van der Waals surface area contributed by atoms with Gasteiger partial charge in [0, 0.05) is 28.5 Å². The second-order valence-corrected chi connectivity index (χ2v) is 5.76. The third-order valence-electron chi connectivity index (χ3n) is 3.16. The highest BCUT2D eigenvalue weighted by molar-refractivity contribution is 9.10. The molecule has 4 nitrogen and oxygen atoms in total. The van der Waals surface area contributed by atoms with E-state index in [1.165, 1.54) is 12.8 Å². The zero-order valence-corrected chi connectivity index (χ0v) is 12.6. The van der Waals surface area contributed by atoms with Crippen LogP contribution in [0.3, 0.4) is 0 Å². The van der Waals surface area contributed by atoms with Crippen molar-refractivity contribution in [2.24, 2.45) is 0 Å². The van der Waals surface area contributed by atoms with Gasteiger partial charge in [0.15, 0.2) is 0 Å². The van der Waals surface area contributed by atoms with Crippen LogP contribution in [0.5, 0.6) is 5.75 Å². The highest BCUT2D eigenvalue weighted by Crippen LogP contribution is 2.38. The number of aromatic nitrogens is 2. The van der Waals surface area contributed by atoms with Gasteiger partial charge in [-0.15, -0.1) is 0 Å². The maximum Gasteiger partial charge on any atom is 0.207 e. The van der Waals surface area contributed by atoms with Gasteiger partial charge in [0.05, 0.1) is 12.8 Å². The molecule has 0 bridgehead atoms. The molecular weight excluding hydrogens is 306 g/mol. The molecule has 2 aromatic rings. The molecule has 1 aromatic carbocycles. The van der Waals surface area contributed by atoms with Crippen molar-refractivity contribution >= 4 is 27.6 Å². The molecule has 0 saturated heterocycles. The molecule has 3 rings (SSSR count). The van der Waals surface area contributed by atoms with Crippen LogP contribution in [0, 0.1) is 6.92 Å². The average Bonchev–Trinajstić information content (AvgIpc) is 3.14. The van der Waals surface area contributed by atoms with Gasteiger partial charge >= 0.3 is 0 Å². The summed E-state index contributed by atoms with van der Waals surface area (Å²) in [4.78, 5) is 4.55. The van der Waals surface area contributed by atoms with Gasteiger partial charge in [-0.1, -0.05) is 15.9 Å². The van der Waals surface area contributed by atoms with Crippen molar-refractivity contribution in [1.82, 2.24) is 9.55 Å². The quantitative estimate of drug-likeness (QED) is 0.923. The summed E-state index contributed by atoms with van der Waals surface area (Å²) in [6, 6.07) is 6.53. The predicted octanol–water partition coefficient (Wildman–Crippen LogP) is 4.04. The number of benzene rings is 1. The van der Waals surface area contributed by atoms with Gasteiger partial charge in [-0.3, -0.25) is 0 Å². The lowest BCUT2D eigenvalue weighted by Gasteiger charge is -2.10. The fourth-order valence-electron chi connectivity index (χ4n) is 2.12. The highest BCUT2D eigenvalue weighted by Gasteiger charge is 2.26. The smallest absolute Gasteiger partial charge is 0.207 e. The van der Waals surface area contributed by atoms with E-state index in [-0.39, 0.29) is 0 Å². The van der Waals surface area contributed by atoms with Crippen LogP contribution in [0.25, 0.3) is 0 Å². The summed E-state index contributed by atoms with van der Waals surface area (Å²) in [6.45, 7) is 2.02. The molecule has 1 aliphatic rings. The van der Waals surface area contributed by atoms with Crippen LogP contribution in [0.15, 0.2) is 28.9 Å². The molecule has 1 fully saturated rings. The van der Waals surface area contributed by atoms with E-state index in [2.05, 4.69) is 37.0 Å². The van der Waals surface area contributed by atoms with Crippen molar-refractivity contribution in [3.8, 4) is 5.75 Å². The first-order valence-corrected chi connectivity index (χ1v) is 7.12. The van der Waals surface area contributed by atoms with Gasteiger partial charge in [-0.25, -0.2) is 4.98 Å². The first-order chi connectivity index (χ1) is 9.15. The molecule has 0 radical (unpaired) electrons. The van der Waals surface area contributed by atoms with E-state index in [9.17, 15) is 0 Å². The maximum atomic E-state index is 5.27. The molecule has 5 heteroatoms. The summed E-state index contributed by atoms with van der Waals surface area (Å²) >= 11 is 3.48. The van der Waals surface area contributed by atoms with E-state index in [4.69, 9.17) is 4.74 Å². The third kappa shape index (κ3) is 2.76. The number of nitrogens with one attached hydrogen (secondary N) is 1. The van der Waals surface area contributed by atoms with Crippen molar-refractivity contribution < 1.29 is 4.74 Å². The normalized spacial score (nSPS) is 14.5. The number of hydrogen-bond donors (Lipinski definition) is 1. The van der Waals surface area contributed by atoms with E-state index >= 15 is 0 Å². The van der Waals surface area contributed by atoms with E-state index in [0.717, 1.165) is 27.6 Å². The van der Waals surface area contributed by atoms with Crippen LogP contribution < -0.4 is 10.1 Å². The number of methoxy groups -OCH3 is 1. The van der Waals surface area contributed by atoms with E-state index in [1.54, 1.807) is 7.11 Å². The first-order valence-electron chi connectivity index (χ1n) is 6.33. The summed E-state index contributed by atoms with van der Waals surface area (Å²) in [5.74, 6) is 1.72. The van der Waals surface area contributed by atoms with Gasteiger partial charge < -0.3 is 14.6 Å². The van der Waals surface area contributed by atoms with Crippen molar-refractivity contribution in [3.05, 3.63) is 34.6 Å². The van der Waals surface area contributed by atoms with Gasteiger partial charge in [0.25, 0.3) is 0 Å². The Hall–Kier alpha value is -1.49. The Bertz CT molecular complexity index is 605. The largest absolute Gasteiger partial charge is 0.497 e. The molecule has 1 saturated carbocycles. The summed E-state index contributed by atoms with van der Waals surface area (Å²) in [5, 5.41) is 3.37. The SMILES string of the molecule is COc1cc(Br)cc(Nc2nc(C)cn2C2CC2)c1. The molecular formula is C14H16BrN3O. The predicted molar refractivity (Wildman–Crippen MR) is 79.2 cm³/mol. The Labute approximate surface area is 120 Å². The monoisotopic (exact) mass is 321 g/mol. The zero-order chi connectivity index (χ0) is 13.4. The molecule has 0 amide bonds. The maximum absolute atomic E-state index is 5.27. The van der Waals surface area contributed by atoms with Crippen molar-refractivity contribution in [2.45, 2.75) is 25.8 Å². The molecule has 1 aliphatic carbocycles. The van der Waals surface area contributed by atoms with Crippen LogP contribution in [0.1, 0.15) is 24.6 Å². The molecule has 0 spiro atoms. The lowest BCUT2D eigenvalue weighted by Crippen LogP contribution is -2.01. The molecule has 0 aliphatic heterocycles. The lowest BCUT2D eigenvalue weighted by atomic mass is 10.3.